The molecule has 0 aliphatic heterocycles. The maximum Gasteiger partial charge on any atom is 0.225 e. The van der Waals surface area contributed by atoms with E-state index in [2.05, 4.69) is 21.6 Å². The molecule has 0 aliphatic carbocycles. The van der Waals surface area contributed by atoms with Crippen molar-refractivity contribution in [1.82, 2.24) is 14.8 Å². The van der Waals surface area contributed by atoms with Crippen LogP contribution >= 0.6 is 11.8 Å². The molecule has 108 valence electrons. The minimum Gasteiger partial charge on any atom is -0.325 e. The number of aromatic nitrogens is 3. The third kappa shape index (κ3) is 3.83. The molecule has 1 heterocycles. The van der Waals surface area contributed by atoms with Gasteiger partial charge in [0.05, 0.1) is 11.3 Å². The first kappa shape index (κ1) is 15.1. The molecule has 1 N–H and O–H groups in total. The van der Waals surface area contributed by atoms with E-state index in [4.69, 9.17) is 5.26 Å². The van der Waals surface area contributed by atoms with Crippen molar-refractivity contribution in [3.8, 4) is 6.07 Å². The fourth-order valence-corrected chi connectivity index (χ4v) is 2.55. The van der Waals surface area contributed by atoms with Gasteiger partial charge in [-0.1, -0.05) is 23.9 Å². The fraction of sp³-hybridized carbons (Fsp3) is 0.286. The summed E-state index contributed by atoms with van der Waals surface area (Å²) >= 11 is 1.48. The van der Waals surface area contributed by atoms with Gasteiger partial charge in [0, 0.05) is 19.2 Å². The van der Waals surface area contributed by atoms with Crippen molar-refractivity contribution in [2.45, 2.75) is 18.5 Å². The molecule has 0 saturated carbocycles. The summed E-state index contributed by atoms with van der Waals surface area (Å²) in [6.45, 7) is 1.88. The van der Waals surface area contributed by atoms with E-state index in [1.165, 1.54) is 11.8 Å². The van der Waals surface area contributed by atoms with Crippen LogP contribution in [0.2, 0.25) is 0 Å². The summed E-state index contributed by atoms with van der Waals surface area (Å²) in [7, 11) is 1.89. The van der Waals surface area contributed by atoms with Gasteiger partial charge in [0.15, 0.2) is 5.16 Å². The molecule has 6 nitrogen and oxygen atoms in total. The van der Waals surface area contributed by atoms with Gasteiger partial charge in [-0.05, 0) is 19.1 Å². The molecule has 1 amide bonds. The van der Waals surface area contributed by atoms with Crippen molar-refractivity contribution in [3.05, 3.63) is 35.7 Å². The first-order valence-electron chi connectivity index (χ1n) is 6.39. The van der Waals surface area contributed by atoms with E-state index >= 15 is 0 Å². The molecule has 1 aromatic heterocycles. The van der Waals surface area contributed by atoms with E-state index in [-0.39, 0.29) is 5.91 Å². The Bertz CT molecular complexity index is 689. The zero-order chi connectivity index (χ0) is 15.2. The predicted octanol–water partition coefficient (Wildman–Crippen LogP) is 2.12. The topological polar surface area (TPSA) is 83.6 Å². The second-order valence-electron chi connectivity index (χ2n) is 4.39. The summed E-state index contributed by atoms with van der Waals surface area (Å²) in [6.07, 6.45) is 0.344. The maximum atomic E-state index is 11.9. The highest BCUT2D eigenvalue weighted by Gasteiger charge is 2.09. The number of anilines is 1. The van der Waals surface area contributed by atoms with Gasteiger partial charge in [-0.2, -0.15) is 5.26 Å². The summed E-state index contributed by atoms with van der Waals surface area (Å²) in [6, 6.07) is 8.99. The van der Waals surface area contributed by atoms with E-state index in [0.29, 0.717) is 23.4 Å². The van der Waals surface area contributed by atoms with Crippen LogP contribution in [0.4, 0.5) is 5.69 Å². The minimum atomic E-state index is -0.121. The number of amides is 1. The van der Waals surface area contributed by atoms with Gasteiger partial charge in [0.1, 0.15) is 11.9 Å². The number of carbonyl (C=O) groups excluding carboxylic acids is 1. The molecule has 2 aromatic rings. The van der Waals surface area contributed by atoms with Gasteiger partial charge in [0.2, 0.25) is 5.91 Å². The zero-order valence-corrected chi connectivity index (χ0v) is 12.6. The van der Waals surface area contributed by atoms with Gasteiger partial charge in [-0.3, -0.25) is 4.79 Å². The minimum absolute atomic E-state index is 0.121. The Labute approximate surface area is 127 Å². The zero-order valence-electron chi connectivity index (χ0n) is 11.8. The van der Waals surface area contributed by atoms with E-state index < -0.39 is 0 Å². The molecular formula is C14H15N5OS. The Balaban J connectivity index is 1.85. The molecular weight excluding hydrogens is 286 g/mol. The number of nitrogens with one attached hydrogen (secondary N) is 1. The van der Waals surface area contributed by atoms with Gasteiger partial charge in [-0.25, -0.2) is 0 Å². The van der Waals surface area contributed by atoms with Crippen LogP contribution in [0, 0.1) is 18.3 Å². The molecule has 0 aliphatic rings. The highest BCUT2D eigenvalue weighted by Crippen LogP contribution is 2.17. The first-order valence-corrected chi connectivity index (χ1v) is 7.38. The summed E-state index contributed by atoms with van der Waals surface area (Å²) < 4.78 is 1.88. The molecule has 0 fully saturated rings. The van der Waals surface area contributed by atoms with Gasteiger partial charge < -0.3 is 9.88 Å². The lowest BCUT2D eigenvalue weighted by Crippen LogP contribution is -2.13. The number of hydrogen-bond donors (Lipinski definition) is 1. The molecule has 7 heteroatoms. The SMILES string of the molecule is Cc1nnc(SCCC(=O)Nc2ccccc2C#N)n1C. The molecule has 1 aromatic carbocycles. The second-order valence-corrected chi connectivity index (χ2v) is 5.45. The number of nitrogens with zero attached hydrogens (tertiary/aromatic N) is 4. The highest BCUT2D eigenvalue weighted by atomic mass is 32.2. The summed E-state index contributed by atoms with van der Waals surface area (Å²) in [5.74, 6) is 1.32. The lowest BCUT2D eigenvalue weighted by molar-refractivity contribution is -0.115. The van der Waals surface area contributed by atoms with Crippen LogP contribution in [0.15, 0.2) is 29.4 Å². The predicted molar refractivity (Wildman–Crippen MR) is 80.9 cm³/mol. The Morgan fingerprint density at radius 1 is 1.43 bits per heavy atom. The van der Waals surface area contributed by atoms with Gasteiger partial charge >= 0.3 is 0 Å². The number of carbonyl (C=O) groups is 1. The van der Waals surface area contributed by atoms with Crippen molar-refractivity contribution >= 4 is 23.4 Å². The number of para-hydroxylation sites is 1. The summed E-state index contributed by atoms with van der Waals surface area (Å²) in [4.78, 5) is 11.9. The lowest BCUT2D eigenvalue weighted by atomic mass is 10.2. The third-order valence-corrected chi connectivity index (χ3v) is 3.96. The number of rotatable bonds is 5. The quantitative estimate of drug-likeness (QED) is 0.855. The Morgan fingerprint density at radius 3 is 2.86 bits per heavy atom. The van der Waals surface area contributed by atoms with Crippen molar-refractivity contribution in [2.24, 2.45) is 7.05 Å². The number of aryl methyl sites for hydroxylation is 1. The maximum absolute atomic E-state index is 11.9. The average molecular weight is 301 g/mol. The molecule has 0 atom stereocenters. The van der Waals surface area contributed by atoms with Crippen molar-refractivity contribution in [3.63, 3.8) is 0 Å². The van der Waals surface area contributed by atoms with Crippen molar-refractivity contribution < 1.29 is 4.79 Å². The first-order chi connectivity index (χ1) is 10.1. The summed E-state index contributed by atoms with van der Waals surface area (Å²) in [5, 5.41) is 20.5. The molecule has 0 radical (unpaired) electrons. The van der Waals surface area contributed by atoms with E-state index in [1.807, 2.05) is 18.5 Å². The number of nitriles is 1. The van der Waals surface area contributed by atoms with Crippen LogP contribution in [-0.2, 0) is 11.8 Å². The smallest absolute Gasteiger partial charge is 0.225 e. The van der Waals surface area contributed by atoms with Crippen LogP contribution in [0.25, 0.3) is 0 Å². The van der Waals surface area contributed by atoms with Crippen LogP contribution < -0.4 is 5.32 Å². The molecule has 2 rings (SSSR count). The molecule has 0 bridgehead atoms. The normalized spacial score (nSPS) is 10.1. The van der Waals surface area contributed by atoms with Crippen LogP contribution in [-0.4, -0.2) is 26.4 Å². The van der Waals surface area contributed by atoms with E-state index in [9.17, 15) is 4.79 Å². The fourth-order valence-electron chi connectivity index (χ4n) is 1.65. The Kier molecular flexibility index (Phi) is 4.95. The van der Waals surface area contributed by atoms with Crippen molar-refractivity contribution in [2.75, 3.05) is 11.1 Å². The Morgan fingerprint density at radius 2 is 2.19 bits per heavy atom. The molecule has 0 saturated heterocycles. The van der Waals surface area contributed by atoms with Crippen LogP contribution in [0.5, 0.6) is 0 Å². The van der Waals surface area contributed by atoms with Crippen LogP contribution in [0.3, 0.4) is 0 Å². The van der Waals surface area contributed by atoms with Gasteiger partial charge in [-0.15, -0.1) is 10.2 Å². The number of hydrogen-bond acceptors (Lipinski definition) is 5. The average Bonchev–Trinajstić information content (AvgIpc) is 2.80. The summed E-state index contributed by atoms with van der Waals surface area (Å²) in [5.41, 5.74) is 1.01. The van der Waals surface area contributed by atoms with Gasteiger partial charge in [0.25, 0.3) is 0 Å². The highest BCUT2D eigenvalue weighted by molar-refractivity contribution is 7.99. The third-order valence-electron chi connectivity index (χ3n) is 2.93. The molecule has 0 unspecified atom stereocenters. The van der Waals surface area contributed by atoms with Crippen molar-refractivity contribution in [1.29, 1.82) is 5.26 Å². The Hall–Kier alpha value is -2.33. The van der Waals surface area contributed by atoms with E-state index in [0.717, 1.165) is 11.0 Å². The standard InChI is InChI=1S/C14H15N5OS/c1-10-17-18-14(19(10)2)21-8-7-13(20)16-12-6-4-3-5-11(12)9-15/h3-6H,7-8H2,1-2H3,(H,16,20). The van der Waals surface area contributed by atoms with E-state index in [1.54, 1.807) is 24.3 Å². The van der Waals surface area contributed by atoms with Crippen LogP contribution in [0.1, 0.15) is 17.8 Å². The second kappa shape index (κ2) is 6.90. The molecule has 0 spiro atoms. The lowest BCUT2D eigenvalue weighted by Gasteiger charge is -2.06. The molecule has 21 heavy (non-hydrogen) atoms. The largest absolute Gasteiger partial charge is 0.325 e. The number of thioether (sulfide) groups is 1. The monoisotopic (exact) mass is 301 g/mol. The number of benzene rings is 1.